The lowest BCUT2D eigenvalue weighted by molar-refractivity contribution is 0.0490. The first kappa shape index (κ1) is 11.0. The lowest BCUT2D eigenvalue weighted by Crippen LogP contribution is -2.47. The summed E-state index contributed by atoms with van der Waals surface area (Å²) >= 11 is 0. The molecule has 0 bridgehead atoms. The van der Waals surface area contributed by atoms with Crippen molar-refractivity contribution in [2.75, 3.05) is 19.8 Å². The first-order chi connectivity index (χ1) is 8.25. The molecule has 17 heavy (non-hydrogen) atoms. The van der Waals surface area contributed by atoms with Crippen LogP contribution in [0.25, 0.3) is 0 Å². The van der Waals surface area contributed by atoms with Gasteiger partial charge in [0.2, 0.25) is 0 Å². The Bertz CT molecular complexity index is 346. The van der Waals surface area contributed by atoms with Crippen LogP contribution in [0.15, 0.2) is 4.99 Å². The Hall–Kier alpha value is -1.10. The number of aliphatic imine (C=N–C) groups is 1. The zero-order valence-corrected chi connectivity index (χ0v) is 9.97. The molecule has 0 aromatic heterocycles. The van der Waals surface area contributed by atoms with Crippen molar-refractivity contribution in [1.82, 2.24) is 4.90 Å². The van der Waals surface area contributed by atoms with E-state index in [1.165, 1.54) is 12.8 Å². The zero-order valence-electron chi connectivity index (χ0n) is 9.97. The van der Waals surface area contributed by atoms with E-state index in [9.17, 15) is 4.79 Å². The molecular weight excluding hydrogens is 218 g/mol. The molecule has 3 rings (SSSR count). The van der Waals surface area contributed by atoms with Crippen molar-refractivity contribution in [2.45, 2.75) is 31.7 Å². The Labute approximate surface area is 101 Å². The summed E-state index contributed by atoms with van der Waals surface area (Å²) in [5.41, 5.74) is 5.93. The van der Waals surface area contributed by atoms with Crippen molar-refractivity contribution in [3.63, 3.8) is 0 Å². The summed E-state index contributed by atoms with van der Waals surface area (Å²) in [4.78, 5) is 17.7. The summed E-state index contributed by atoms with van der Waals surface area (Å²) in [5.74, 6) is 1.63. The highest BCUT2D eigenvalue weighted by Gasteiger charge is 2.41. The molecule has 1 atom stereocenters. The zero-order chi connectivity index (χ0) is 11.8. The predicted molar refractivity (Wildman–Crippen MR) is 63.8 cm³/mol. The molecule has 94 valence electrons. The number of ether oxygens (including phenoxy) is 1. The molecule has 5 nitrogen and oxygen atoms in total. The highest BCUT2D eigenvalue weighted by Crippen LogP contribution is 2.34. The normalized spacial score (nSPS) is 30.8. The minimum Gasteiger partial charge on any atom is -0.385 e. The van der Waals surface area contributed by atoms with Gasteiger partial charge in [0.1, 0.15) is 5.84 Å². The van der Waals surface area contributed by atoms with Crippen LogP contribution in [0.1, 0.15) is 25.7 Å². The molecule has 0 aromatic carbocycles. The number of hydrogen-bond donors (Lipinski definition) is 1. The molecule has 1 aliphatic carbocycles. The third kappa shape index (κ3) is 2.16. The van der Waals surface area contributed by atoms with E-state index in [0.29, 0.717) is 17.7 Å². The van der Waals surface area contributed by atoms with Gasteiger partial charge in [0, 0.05) is 19.8 Å². The lowest BCUT2D eigenvalue weighted by Gasteiger charge is -2.33. The molecule has 2 fully saturated rings. The second-order valence-electron chi connectivity index (χ2n) is 5.31. The van der Waals surface area contributed by atoms with Gasteiger partial charge < -0.3 is 15.4 Å². The van der Waals surface area contributed by atoms with Crippen LogP contribution in [0.2, 0.25) is 0 Å². The van der Waals surface area contributed by atoms with Crippen molar-refractivity contribution in [1.29, 1.82) is 0 Å². The van der Waals surface area contributed by atoms with Crippen molar-refractivity contribution in [3.05, 3.63) is 0 Å². The van der Waals surface area contributed by atoms with Gasteiger partial charge in [-0.25, -0.2) is 4.79 Å². The van der Waals surface area contributed by atoms with Crippen LogP contribution >= 0.6 is 0 Å². The molecule has 2 heterocycles. The molecule has 1 unspecified atom stereocenters. The number of hydrogen-bond acceptors (Lipinski definition) is 3. The fraction of sp³-hybridized carbons (Fsp3) is 0.833. The molecule has 0 spiro atoms. The fourth-order valence-corrected chi connectivity index (χ4v) is 2.82. The molecule has 5 heteroatoms. The Kier molecular flexibility index (Phi) is 2.78. The molecule has 0 radical (unpaired) electrons. The molecule has 2 aliphatic heterocycles. The maximum Gasteiger partial charge on any atom is 0.345 e. The quantitative estimate of drug-likeness (QED) is 0.795. The number of urea groups is 1. The maximum atomic E-state index is 11.8. The Morgan fingerprint density at radius 3 is 2.65 bits per heavy atom. The summed E-state index contributed by atoms with van der Waals surface area (Å²) in [5, 5.41) is 0. The smallest absolute Gasteiger partial charge is 0.345 e. The van der Waals surface area contributed by atoms with Gasteiger partial charge >= 0.3 is 6.03 Å². The number of nitrogens with zero attached hydrogens (tertiary/aromatic N) is 2. The molecule has 2 N–H and O–H groups in total. The summed E-state index contributed by atoms with van der Waals surface area (Å²) in [6.07, 6.45) is 4.44. The molecule has 3 aliphatic rings. The fourth-order valence-electron chi connectivity index (χ4n) is 2.82. The minimum atomic E-state index is -0.133. The number of amidine groups is 1. The van der Waals surface area contributed by atoms with Gasteiger partial charge in [0.15, 0.2) is 0 Å². The van der Waals surface area contributed by atoms with Crippen LogP contribution in [0.3, 0.4) is 0 Å². The van der Waals surface area contributed by atoms with E-state index in [2.05, 4.69) is 4.99 Å². The van der Waals surface area contributed by atoms with Gasteiger partial charge in [0.25, 0.3) is 0 Å². The van der Waals surface area contributed by atoms with E-state index in [1.54, 1.807) is 0 Å². The first-order valence-electron chi connectivity index (χ1n) is 6.48. The highest BCUT2D eigenvalue weighted by molar-refractivity contribution is 6.03. The van der Waals surface area contributed by atoms with Crippen molar-refractivity contribution >= 4 is 11.9 Å². The van der Waals surface area contributed by atoms with Crippen LogP contribution in [-0.4, -0.2) is 42.6 Å². The van der Waals surface area contributed by atoms with Crippen LogP contribution in [0.5, 0.6) is 0 Å². The average molecular weight is 237 g/mol. The predicted octanol–water partition coefficient (Wildman–Crippen LogP) is 0.984. The molecule has 1 saturated carbocycles. The summed E-state index contributed by atoms with van der Waals surface area (Å²) in [7, 11) is 0. The van der Waals surface area contributed by atoms with E-state index in [4.69, 9.17) is 10.5 Å². The molecular formula is C12H19N3O2. The molecule has 1 saturated heterocycles. The SMILES string of the molecule is NC1=NC(=O)N(CC2CC2)C1C1CCOCC1. The van der Waals surface area contributed by atoms with Gasteiger partial charge in [-0.2, -0.15) is 4.99 Å². The van der Waals surface area contributed by atoms with E-state index in [0.717, 1.165) is 32.6 Å². The first-order valence-corrected chi connectivity index (χ1v) is 6.48. The minimum absolute atomic E-state index is 0.0343. The number of nitrogens with two attached hydrogens (primary N) is 1. The summed E-state index contributed by atoms with van der Waals surface area (Å²) < 4.78 is 5.37. The third-order valence-electron chi connectivity index (χ3n) is 3.97. The number of rotatable bonds is 3. The Morgan fingerprint density at radius 2 is 2.00 bits per heavy atom. The van der Waals surface area contributed by atoms with Gasteiger partial charge in [-0.15, -0.1) is 0 Å². The van der Waals surface area contributed by atoms with E-state index < -0.39 is 0 Å². The largest absolute Gasteiger partial charge is 0.385 e. The van der Waals surface area contributed by atoms with Crippen LogP contribution in [0, 0.1) is 11.8 Å². The summed E-state index contributed by atoms with van der Waals surface area (Å²) in [6, 6.07) is -0.0992. The van der Waals surface area contributed by atoms with Gasteiger partial charge in [-0.1, -0.05) is 0 Å². The number of carbonyl (C=O) groups excluding carboxylic acids is 1. The standard InChI is InChI=1S/C12H19N3O2/c13-11-10(9-3-5-17-6-4-9)15(12(16)14-11)7-8-1-2-8/h8-10H,1-7H2,(H2,13,14,16). The van der Waals surface area contributed by atoms with Gasteiger partial charge in [-0.3, -0.25) is 0 Å². The van der Waals surface area contributed by atoms with Gasteiger partial charge in [-0.05, 0) is 37.5 Å². The van der Waals surface area contributed by atoms with Gasteiger partial charge in [0.05, 0.1) is 6.04 Å². The summed E-state index contributed by atoms with van der Waals surface area (Å²) in [6.45, 7) is 2.39. The van der Waals surface area contributed by atoms with E-state index in [-0.39, 0.29) is 12.1 Å². The second kappa shape index (κ2) is 4.29. The third-order valence-corrected chi connectivity index (χ3v) is 3.97. The molecule has 0 aromatic rings. The number of carbonyl (C=O) groups is 1. The van der Waals surface area contributed by atoms with Crippen molar-refractivity contribution in [2.24, 2.45) is 22.6 Å². The van der Waals surface area contributed by atoms with Crippen LogP contribution in [0.4, 0.5) is 4.79 Å². The van der Waals surface area contributed by atoms with E-state index >= 15 is 0 Å². The maximum absolute atomic E-state index is 11.8. The monoisotopic (exact) mass is 237 g/mol. The Morgan fingerprint density at radius 1 is 1.29 bits per heavy atom. The van der Waals surface area contributed by atoms with Crippen molar-refractivity contribution < 1.29 is 9.53 Å². The Balaban J connectivity index is 1.73. The van der Waals surface area contributed by atoms with E-state index in [1.807, 2.05) is 4.90 Å². The molecule has 2 amide bonds. The van der Waals surface area contributed by atoms with Crippen molar-refractivity contribution in [3.8, 4) is 0 Å². The average Bonchev–Trinajstić information content (AvgIpc) is 3.08. The number of amides is 2. The lowest BCUT2D eigenvalue weighted by atomic mass is 9.90. The highest BCUT2D eigenvalue weighted by atomic mass is 16.5. The van der Waals surface area contributed by atoms with Crippen LogP contribution < -0.4 is 5.73 Å². The second-order valence-corrected chi connectivity index (χ2v) is 5.31. The van der Waals surface area contributed by atoms with Crippen LogP contribution in [-0.2, 0) is 4.74 Å². The topological polar surface area (TPSA) is 67.9 Å².